The molecule has 0 heterocycles. The summed E-state index contributed by atoms with van der Waals surface area (Å²) in [6.07, 6.45) is 0. The van der Waals surface area contributed by atoms with Gasteiger partial charge in [-0.3, -0.25) is 14.4 Å². The van der Waals surface area contributed by atoms with Gasteiger partial charge < -0.3 is 16.2 Å². The van der Waals surface area contributed by atoms with Gasteiger partial charge in [0.25, 0.3) is 0 Å². The zero-order valence-electron chi connectivity index (χ0n) is 12.2. The van der Waals surface area contributed by atoms with Crippen molar-refractivity contribution in [2.45, 2.75) is 26.3 Å². The molecule has 114 valence electrons. The lowest BCUT2D eigenvalue weighted by molar-refractivity contribution is -0.140. The topological polar surface area (TPSA) is 113 Å². The van der Waals surface area contributed by atoms with E-state index in [4.69, 9.17) is 10.8 Å². The second-order valence-electron chi connectivity index (χ2n) is 5.25. The van der Waals surface area contributed by atoms with Crippen LogP contribution >= 0.6 is 0 Å². The number of benzene rings is 1. The lowest BCUT2D eigenvalue weighted by atomic mass is 10.1. The summed E-state index contributed by atoms with van der Waals surface area (Å²) < 4.78 is 0. The molecule has 0 saturated carbocycles. The van der Waals surface area contributed by atoms with Crippen LogP contribution in [0.2, 0.25) is 0 Å². The van der Waals surface area contributed by atoms with Crippen LogP contribution in [0.15, 0.2) is 24.3 Å². The van der Waals surface area contributed by atoms with Crippen LogP contribution in [-0.2, 0) is 14.4 Å². The number of nitrogens with zero attached hydrogens (tertiary/aromatic N) is 1. The van der Waals surface area contributed by atoms with Gasteiger partial charge >= 0.3 is 11.8 Å². The van der Waals surface area contributed by atoms with Crippen LogP contribution in [0.5, 0.6) is 0 Å². The van der Waals surface area contributed by atoms with E-state index in [9.17, 15) is 14.4 Å². The Morgan fingerprint density at radius 2 is 1.95 bits per heavy atom. The van der Waals surface area contributed by atoms with E-state index in [1.165, 1.54) is 19.1 Å². The number of aliphatic hydroxyl groups is 1. The van der Waals surface area contributed by atoms with Gasteiger partial charge in [0.1, 0.15) is 0 Å². The molecule has 0 fully saturated rings. The highest BCUT2D eigenvalue weighted by atomic mass is 16.3. The molecule has 0 aromatic heterocycles. The molecule has 1 aromatic carbocycles. The zero-order chi connectivity index (χ0) is 16.2. The van der Waals surface area contributed by atoms with Gasteiger partial charge in [0, 0.05) is 12.6 Å². The number of aliphatic hydroxyl groups excluding tert-OH is 1. The molecule has 7 nitrogen and oxygen atoms in total. The first-order chi connectivity index (χ1) is 9.68. The number of hydrogen-bond acceptors (Lipinski definition) is 5. The van der Waals surface area contributed by atoms with Crippen LogP contribution in [0.4, 0.5) is 11.4 Å². The summed E-state index contributed by atoms with van der Waals surface area (Å²) in [7, 11) is 0. The molecular weight excluding hydrogens is 274 g/mol. The molecule has 1 rings (SSSR count). The monoisotopic (exact) mass is 293 g/mol. The van der Waals surface area contributed by atoms with E-state index in [2.05, 4.69) is 5.32 Å². The standard InChI is InChI=1S/C14H19N3O4/c1-9(19)17(11-6-4-5-10(15)7-11)13(21)12(20)16-14(2,3)8-18/h4-7,18H,8,15H2,1-3H3,(H,16,20). The lowest BCUT2D eigenvalue weighted by Gasteiger charge is -2.25. The Morgan fingerprint density at radius 1 is 1.33 bits per heavy atom. The number of rotatable bonds is 3. The van der Waals surface area contributed by atoms with Gasteiger partial charge in [0.05, 0.1) is 17.8 Å². The molecule has 0 aliphatic heterocycles. The van der Waals surface area contributed by atoms with Gasteiger partial charge in [-0.1, -0.05) is 6.07 Å². The molecule has 0 aliphatic carbocycles. The van der Waals surface area contributed by atoms with Crippen molar-refractivity contribution in [3.05, 3.63) is 24.3 Å². The molecule has 0 radical (unpaired) electrons. The third kappa shape index (κ3) is 4.28. The summed E-state index contributed by atoms with van der Waals surface area (Å²) in [6.45, 7) is 3.93. The lowest BCUT2D eigenvalue weighted by Crippen LogP contribution is -2.53. The SMILES string of the molecule is CC(=O)N(C(=O)C(=O)NC(C)(C)CO)c1cccc(N)c1. The highest BCUT2D eigenvalue weighted by Gasteiger charge is 2.30. The smallest absolute Gasteiger partial charge is 0.323 e. The maximum absolute atomic E-state index is 12.2. The Bertz CT molecular complexity index is 569. The molecule has 0 bridgehead atoms. The Balaban J connectivity index is 3.04. The molecule has 0 aliphatic rings. The van der Waals surface area contributed by atoms with Crippen LogP contribution in [0, 0.1) is 0 Å². The fourth-order valence-corrected chi connectivity index (χ4v) is 1.61. The largest absolute Gasteiger partial charge is 0.399 e. The van der Waals surface area contributed by atoms with E-state index in [0.29, 0.717) is 5.69 Å². The number of carbonyl (C=O) groups excluding carboxylic acids is 3. The minimum Gasteiger partial charge on any atom is -0.399 e. The molecule has 3 amide bonds. The van der Waals surface area contributed by atoms with Crippen LogP contribution < -0.4 is 16.0 Å². The number of hydrogen-bond donors (Lipinski definition) is 3. The van der Waals surface area contributed by atoms with Gasteiger partial charge in [0.15, 0.2) is 0 Å². The number of amides is 3. The average molecular weight is 293 g/mol. The molecule has 4 N–H and O–H groups in total. The first-order valence-electron chi connectivity index (χ1n) is 6.31. The number of nitrogens with two attached hydrogens (primary N) is 1. The van der Waals surface area contributed by atoms with Crippen molar-refractivity contribution in [3.63, 3.8) is 0 Å². The molecular formula is C14H19N3O4. The van der Waals surface area contributed by atoms with Crippen molar-refractivity contribution in [1.82, 2.24) is 5.32 Å². The maximum atomic E-state index is 12.2. The van der Waals surface area contributed by atoms with Gasteiger partial charge in [-0.2, -0.15) is 0 Å². The van der Waals surface area contributed by atoms with E-state index in [-0.39, 0.29) is 12.3 Å². The number of anilines is 2. The predicted molar refractivity (Wildman–Crippen MR) is 78.3 cm³/mol. The van der Waals surface area contributed by atoms with Gasteiger partial charge in [0.2, 0.25) is 5.91 Å². The second kappa shape index (κ2) is 6.36. The Hall–Kier alpha value is -2.41. The Labute approximate surface area is 122 Å². The predicted octanol–water partition coefficient (Wildman–Crippen LogP) is 0.0354. The summed E-state index contributed by atoms with van der Waals surface area (Å²) in [6, 6.07) is 6.09. The van der Waals surface area contributed by atoms with Crippen molar-refractivity contribution in [1.29, 1.82) is 0 Å². The quantitative estimate of drug-likeness (QED) is 0.538. The first kappa shape index (κ1) is 16.6. The van der Waals surface area contributed by atoms with Crippen LogP contribution in [0.1, 0.15) is 20.8 Å². The van der Waals surface area contributed by atoms with Crippen molar-refractivity contribution in [2.24, 2.45) is 0 Å². The first-order valence-corrected chi connectivity index (χ1v) is 6.31. The summed E-state index contributed by atoms with van der Waals surface area (Å²) >= 11 is 0. The summed E-state index contributed by atoms with van der Waals surface area (Å²) in [4.78, 5) is 36.5. The van der Waals surface area contributed by atoms with Crippen molar-refractivity contribution in [2.75, 3.05) is 17.2 Å². The fourth-order valence-electron chi connectivity index (χ4n) is 1.61. The molecule has 0 saturated heterocycles. The third-order valence-corrected chi connectivity index (χ3v) is 2.69. The summed E-state index contributed by atoms with van der Waals surface area (Å²) in [5.41, 5.74) is 5.22. The van der Waals surface area contributed by atoms with Crippen molar-refractivity contribution < 1.29 is 19.5 Å². The number of nitrogen functional groups attached to an aromatic ring is 1. The minimum atomic E-state index is -1.03. The van der Waals surface area contributed by atoms with Crippen LogP contribution in [0.25, 0.3) is 0 Å². The van der Waals surface area contributed by atoms with E-state index in [1.54, 1.807) is 26.0 Å². The molecule has 21 heavy (non-hydrogen) atoms. The maximum Gasteiger partial charge on any atom is 0.323 e. The zero-order valence-corrected chi connectivity index (χ0v) is 12.2. The Morgan fingerprint density at radius 3 is 2.43 bits per heavy atom. The Kier molecular flexibility index (Phi) is 5.04. The van der Waals surface area contributed by atoms with Crippen LogP contribution in [0.3, 0.4) is 0 Å². The van der Waals surface area contributed by atoms with E-state index >= 15 is 0 Å². The average Bonchev–Trinajstić information content (AvgIpc) is 2.38. The second-order valence-corrected chi connectivity index (χ2v) is 5.25. The molecule has 0 spiro atoms. The third-order valence-electron chi connectivity index (χ3n) is 2.69. The van der Waals surface area contributed by atoms with Crippen molar-refractivity contribution in [3.8, 4) is 0 Å². The normalized spacial score (nSPS) is 10.9. The van der Waals surface area contributed by atoms with E-state index < -0.39 is 23.3 Å². The van der Waals surface area contributed by atoms with Gasteiger partial charge in [-0.15, -0.1) is 0 Å². The molecule has 7 heteroatoms. The molecule has 0 unspecified atom stereocenters. The number of imide groups is 1. The highest BCUT2D eigenvalue weighted by molar-refractivity contribution is 6.45. The van der Waals surface area contributed by atoms with Gasteiger partial charge in [-0.25, -0.2) is 4.90 Å². The van der Waals surface area contributed by atoms with Crippen molar-refractivity contribution >= 4 is 29.1 Å². The summed E-state index contributed by atoms with van der Waals surface area (Å²) in [5.74, 6) is -2.62. The molecule has 0 atom stereocenters. The summed E-state index contributed by atoms with van der Waals surface area (Å²) in [5, 5.41) is 11.5. The number of nitrogens with one attached hydrogen (secondary N) is 1. The fraction of sp³-hybridized carbons (Fsp3) is 0.357. The van der Waals surface area contributed by atoms with E-state index in [1.807, 2.05) is 0 Å². The minimum absolute atomic E-state index is 0.212. The van der Waals surface area contributed by atoms with E-state index in [0.717, 1.165) is 4.90 Å². The highest BCUT2D eigenvalue weighted by Crippen LogP contribution is 2.18. The van der Waals surface area contributed by atoms with Crippen LogP contribution in [-0.4, -0.2) is 35.0 Å². The number of carbonyl (C=O) groups is 3. The van der Waals surface area contributed by atoms with Gasteiger partial charge in [-0.05, 0) is 32.0 Å². The molecule has 1 aromatic rings.